The summed E-state index contributed by atoms with van der Waals surface area (Å²) in [7, 11) is 1.51. The Kier molecular flexibility index (Phi) is 5.13. The SMILES string of the molecule is CC1=C(CCCCCCC2=C(C)C(=O)N(C)C2=O)C(=O)NC1=O. The lowest BCUT2D eigenvalue weighted by Crippen LogP contribution is -2.26. The molecule has 4 amide bonds. The molecule has 2 aliphatic heterocycles. The van der Waals surface area contributed by atoms with E-state index in [0.29, 0.717) is 35.1 Å². The second-order valence-corrected chi connectivity index (χ2v) is 6.07. The summed E-state index contributed by atoms with van der Waals surface area (Å²) in [6.07, 6.45) is 4.72. The zero-order valence-electron chi connectivity index (χ0n) is 13.8. The van der Waals surface area contributed by atoms with E-state index in [-0.39, 0.29) is 23.6 Å². The van der Waals surface area contributed by atoms with E-state index in [1.165, 1.54) is 7.05 Å². The van der Waals surface area contributed by atoms with E-state index in [2.05, 4.69) is 5.32 Å². The summed E-state index contributed by atoms with van der Waals surface area (Å²) in [4.78, 5) is 47.6. The van der Waals surface area contributed by atoms with E-state index >= 15 is 0 Å². The summed E-state index contributed by atoms with van der Waals surface area (Å²) in [6, 6.07) is 0. The van der Waals surface area contributed by atoms with Gasteiger partial charge in [0.05, 0.1) is 0 Å². The standard InChI is InChI=1S/C17H22N2O4/c1-10-12(15(21)18-14(10)20)8-6-4-5-7-9-13-11(2)16(22)19(3)17(13)23/h4-9H2,1-3H3,(H,18,20,21). The minimum Gasteiger partial charge on any atom is -0.289 e. The van der Waals surface area contributed by atoms with E-state index in [4.69, 9.17) is 0 Å². The maximum absolute atomic E-state index is 11.9. The Labute approximate surface area is 135 Å². The first-order chi connectivity index (χ1) is 10.8. The summed E-state index contributed by atoms with van der Waals surface area (Å²) < 4.78 is 0. The molecule has 0 spiro atoms. The van der Waals surface area contributed by atoms with Crippen molar-refractivity contribution in [3.63, 3.8) is 0 Å². The van der Waals surface area contributed by atoms with E-state index in [1.807, 2.05) is 0 Å². The number of imide groups is 2. The fourth-order valence-corrected chi connectivity index (χ4v) is 2.97. The number of hydrogen-bond acceptors (Lipinski definition) is 4. The number of likely N-dealkylation sites (N-methyl/N-ethyl adjacent to an activating group) is 1. The highest BCUT2D eigenvalue weighted by Gasteiger charge is 2.32. The first-order valence-corrected chi connectivity index (χ1v) is 7.92. The van der Waals surface area contributed by atoms with Crippen molar-refractivity contribution < 1.29 is 19.2 Å². The van der Waals surface area contributed by atoms with Crippen molar-refractivity contribution in [2.75, 3.05) is 7.05 Å². The molecule has 0 saturated carbocycles. The molecule has 2 rings (SSSR count). The largest absolute Gasteiger partial charge is 0.289 e. The Morgan fingerprint density at radius 1 is 0.739 bits per heavy atom. The van der Waals surface area contributed by atoms with Gasteiger partial charge in [0.15, 0.2) is 0 Å². The number of nitrogens with zero attached hydrogens (tertiary/aromatic N) is 1. The number of amides is 4. The van der Waals surface area contributed by atoms with Crippen LogP contribution in [0.4, 0.5) is 0 Å². The van der Waals surface area contributed by atoms with Crippen molar-refractivity contribution in [2.24, 2.45) is 0 Å². The van der Waals surface area contributed by atoms with Crippen LogP contribution in [-0.4, -0.2) is 35.6 Å². The lowest BCUT2D eigenvalue weighted by Gasteiger charge is -2.06. The normalized spacial score (nSPS) is 18.7. The highest BCUT2D eigenvalue weighted by molar-refractivity contribution is 6.19. The van der Waals surface area contributed by atoms with Crippen LogP contribution >= 0.6 is 0 Å². The van der Waals surface area contributed by atoms with Crippen LogP contribution in [0.2, 0.25) is 0 Å². The highest BCUT2D eigenvalue weighted by Crippen LogP contribution is 2.24. The fraction of sp³-hybridized carbons (Fsp3) is 0.529. The van der Waals surface area contributed by atoms with Crippen molar-refractivity contribution in [3.05, 3.63) is 22.3 Å². The number of nitrogens with one attached hydrogen (secondary N) is 1. The van der Waals surface area contributed by atoms with Crippen LogP contribution in [-0.2, 0) is 19.2 Å². The van der Waals surface area contributed by atoms with Gasteiger partial charge in [0.1, 0.15) is 0 Å². The molecule has 2 heterocycles. The summed E-state index contributed by atoms with van der Waals surface area (Å²) in [5.41, 5.74) is 2.29. The van der Waals surface area contributed by atoms with Crippen LogP contribution in [0.25, 0.3) is 0 Å². The lowest BCUT2D eigenvalue weighted by molar-refractivity contribution is -0.136. The average Bonchev–Trinajstić information content (AvgIpc) is 2.86. The van der Waals surface area contributed by atoms with Crippen molar-refractivity contribution in [3.8, 4) is 0 Å². The van der Waals surface area contributed by atoms with Gasteiger partial charge in [-0.05, 0) is 39.5 Å². The molecule has 0 atom stereocenters. The van der Waals surface area contributed by atoms with Gasteiger partial charge >= 0.3 is 0 Å². The number of unbranched alkanes of at least 4 members (excludes halogenated alkanes) is 3. The summed E-state index contributed by atoms with van der Waals surface area (Å²) in [6.45, 7) is 3.37. The van der Waals surface area contributed by atoms with Crippen molar-refractivity contribution in [1.82, 2.24) is 10.2 Å². The van der Waals surface area contributed by atoms with Crippen molar-refractivity contribution in [1.29, 1.82) is 0 Å². The Morgan fingerprint density at radius 2 is 1.30 bits per heavy atom. The quantitative estimate of drug-likeness (QED) is 0.571. The van der Waals surface area contributed by atoms with Crippen LogP contribution in [0.15, 0.2) is 22.3 Å². The Balaban J connectivity index is 1.71. The highest BCUT2D eigenvalue weighted by atomic mass is 16.2. The Bertz CT molecular complexity index is 643. The molecule has 6 nitrogen and oxygen atoms in total. The molecule has 0 aromatic heterocycles. The topological polar surface area (TPSA) is 83.6 Å². The number of rotatable bonds is 7. The fourth-order valence-electron chi connectivity index (χ4n) is 2.97. The first-order valence-electron chi connectivity index (χ1n) is 7.92. The van der Waals surface area contributed by atoms with Gasteiger partial charge in [-0.15, -0.1) is 0 Å². The maximum atomic E-state index is 11.9. The third-order valence-electron chi connectivity index (χ3n) is 4.54. The second kappa shape index (κ2) is 6.89. The van der Waals surface area contributed by atoms with Crippen LogP contribution in [0.1, 0.15) is 52.4 Å². The molecule has 0 unspecified atom stereocenters. The Hall–Kier alpha value is -2.24. The third-order valence-corrected chi connectivity index (χ3v) is 4.54. The van der Waals surface area contributed by atoms with Crippen LogP contribution in [0.5, 0.6) is 0 Å². The minimum atomic E-state index is -0.291. The monoisotopic (exact) mass is 318 g/mol. The number of hydrogen-bond donors (Lipinski definition) is 1. The molecule has 0 saturated heterocycles. The zero-order valence-corrected chi connectivity index (χ0v) is 13.8. The van der Waals surface area contributed by atoms with Gasteiger partial charge in [0.2, 0.25) is 0 Å². The summed E-state index contributed by atoms with van der Waals surface area (Å²) in [5.74, 6) is -0.953. The van der Waals surface area contributed by atoms with Crippen molar-refractivity contribution >= 4 is 23.6 Å². The molecule has 0 aromatic rings. The van der Waals surface area contributed by atoms with Crippen LogP contribution < -0.4 is 5.32 Å². The summed E-state index contributed by atoms with van der Waals surface area (Å²) >= 11 is 0. The molecule has 2 aliphatic rings. The van der Waals surface area contributed by atoms with E-state index in [0.717, 1.165) is 30.6 Å². The second-order valence-electron chi connectivity index (χ2n) is 6.07. The van der Waals surface area contributed by atoms with Gasteiger partial charge in [0, 0.05) is 29.3 Å². The van der Waals surface area contributed by atoms with E-state index in [9.17, 15) is 19.2 Å². The van der Waals surface area contributed by atoms with Gasteiger partial charge < -0.3 is 0 Å². The molecule has 0 radical (unpaired) electrons. The molecule has 6 heteroatoms. The van der Waals surface area contributed by atoms with Gasteiger partial charge in [-0.3, -0.25) is 29.4 Å². The Morgan fingerprint density at radius 3 is 1.74 bits per heavy atom. The molecular weight excluding hydrogens is 296 g/mol. The zero-order chi connectivity index (χ0) is 17.1. The molecule has 0 aromatic carbocycles. The van der Waals surface area contributed by atoms with Gasteiger partial charge in [0.25, 0.3) is 23.6 Å². The number of carbonyl (C=O) groups excluding carboxylic acids is 4. The first kappa shape index (κ1) is 17.1. The lowest BCUT2D eigenvalue weighted by atomic mass is 10.0. The van der Waals surface area contributed by atoms with Gasteiger partial charge in [-0.25, -0.2) is 0 Å². The maximum Gasteiger partial charge on any atom is 0.256 e. The average molecular weight is 318 g/mol. The third kappa shape index (κ3) is 3.41. The minimum absolute atomic E-state index is 0.186. The predicted octanol–water partition coefficient (Wildman–Crippen LogP) is 1.61. The molecule has 0 bridgehead atoms. The molecule has 0 fully saturated rings. The molecular formula is C17H22N2O4. The smallest absolute Gasteiger partial charge is 0.256 e. The van der Waals surface area contributed by atoms with Gasteiger partial charge in [-0.1, -0.05) is 12.8 Å². The molecule has 124 valence electrons. The molecule has 0 aliphatic carbocycles. The molecule has 23 heavy (non-hydrogen) atoms. The summed E-state index contributed by atoms with van der Waals surface area (Å²) in [5, 5.41) is 2.29. The van der Waals surface area contributed by atoms with Crippen LogP contribution in [0, 0.1) is 0 Å². The van der Waals surface area contributed by atoms with Crippen molar-refractivity contribution in [2.45, 2.75) is 52.4 Å². The molecule has 1 N–H and O–H groups in total. The van der Waals surface area contributed by atoms with Gasteiger partial charge in [-0.2, -0.15) is 0 Å². The van der Waals surface area contributed by atoms with E-state index in [1.54, 1.807) is 13.8 Å². The number of carbonyl (C=O) groups is 4. The predicted molar refractivity (Wildman–Crippen MR) is 84.0 cm³/mol. The van der Waals surface area contributed by atoms with E-state index < -0.39 is 0 Å². The van der Waals surface area contributed by atoms with Crippen LogP contribution in [0.3, 0.4) is 0 Å².